The van der Waals surface area contributed by atoms with Gasteiger partial charge in [0.2, 0.25) is 17.7 Å². The maximum Gasteiger partial charge on any atom is 0.229 e. The van der Waals surface area contributed by atoms with Gasteiger partial charge in [-0.05, 0) is 42.3 Å². The summed E-state index contributed by atoms with van der Waals surface area (Å²) in [6.07, 6.45) is 0.778. The van der Waals surface area contributed by atoms with Crippen molar-refractivity contribution in [1.82, 2.24) is 4.90 Å². The van der Waals surface area contributed by atoms with Crippen molar-refractivity contribution in [3.8, 4) is 0 Å². The highest BCUT2D eigenvalue weighted by atomic mass is 19.1. The van der Waals surface area contributed by atoms with Gasteiger partial charge in [0.25, 0.3) is 0 Å². The van der Waals surface area contributed by atoms with Crippen LogP contribution in [-0.4, -0.2) is 35.7 Å². The van der Waals surface area contributed by atoms with Crippen LogP contribution in [0.2, 0.25) is 0 Å². The summed E-state index contributed by atoms with van der Waals surface area (Å²) >= 11 is 0. The fourth-order valence-corrected chi connectivity index (χ4v) is 3.20. The van der Waals surface area contributed by atoms with E-state index >= 15 is 0 Å². The second-order valence-electron chi connectivity index (χ2n) is 6.87. The first-order valence-corrected chi connectivity index (χ1v) is 9.11. The van der Waals surface area contributed by atoms with Gasteiger partial charge in [-0.1, -0.05) is 18.2 Å². The van der Waals surface area contributed by atoms with Crippen molar-refractivity contribution in [2.45, 2.75) is 19.8 Å². The predicted octanol–water partition coefficient (Wildman–Crippen LogP) is 2.81. The normalized spacial score (nSPS) is 16.1. The van der Waals surface area contributed by atoms with E-state index in [1.54, 1.807) is 41.3 Å². The number of likely N-dealkylation sites (tertiary alicyclic amines) is 1. The molecule has 7 heteroatoms. The number of amides is 3. The number of nitrogens with one attached hydrogen (secondary N) is 2. The number of hydrogen-bond donors (Lipinski definition) is 2. The number of rotatable bonds is 6. The number of nitrogens with zero attached hydrogens (tertiary/aromatic N) is 1. The molecule has 0 spiro atoms. The van der Waals surface area contributed by atoms with E-state index in [-0.39, 0.29) is 30.0 Å². The van der Waals surface area contributed by atoms with Crippen LogP contribution in [0.4, 0.5) is 15.8 Å². The van der Waals surface area contributed by atoms with Crippen LogP contribution in [-0.2, 0) is 20.8 Å². The van der Waals surface area contributed by atoms with Crippen LogP contribution in [0.5, 0.6) is 0 Å². The minimum Gasteiger partial charge on any atom is -0.342 e. The highest BCUT2D eigenvalue weighted by Gasteiger charge is 2.34. The molecule has 3 rings (SSSR count). The van der Waals surface area contributed by atoms with Gasteiger partial charge in [-0.25, -0.2) is 4.39 Å². The van der Waals surface area contributed by atoms with E-state index < -0.39 is 5.92 Å². The van der Waals surface area contributed by atoms with Crippen molar-refractivity contribution >= 4 is 29.1 Å². The van der Waals surface area contributed by atoms with E-state index in [2.05, 4.69) is 10.6 Å². The third-order valence-electron chi connectivity index (χ3n) is 4.62. The highest BCUT2D eigenvalue weighted by molar-refractivity contribution is 5.98. The molecular formula is C21H22FN3O3. The molecule has 1 atom stereocenters. The van der Waals surface area contributed by atoms with Gasteiger partial charge in [0.15, 0.2) is 0 Å². The quantitative estimate of drug-likeness (QED) is 0.805. The van der Waals surface area contributed by atoms with Crippen LogP contribution in [0, 0.1) is 11.7 Å². The van der Waals surface area contributed by atoms with Crippen LogP contribution in [0.1, 0.15) is 18.9 Å². The van der Waals surface area contributed by atoms with E-state index in [9.17, 15) is 18.8 Å². The van der Waals surface area contributed by atoms with Crippen LogP contribution >= 0.6 is 0 Å². The zero-order chi connectivity index (χ0) is 20.1. The molecule has 0 aromatic heterocycles. The SMILES string of the molecule is CC(=O)Nc1cccc(NC(=O)[C@H]2CC(=O)N(CCc3ccc(F)cc3)C2)c1. The van der Waals surface area contributed by atoms with Gasteiger partial charge in [-0.15, -0.1) is 0 Å². The first-order chi connectivity index (χ1) is 13.4. The van der Waals surface area contributed by atoms with Gasteiger partial charge in [0.1, 0.15) is 5.82 Å². The molecule has 2 aromatic rings. The first kappa shape index (κ1) is 19.5. The molecule has 28 heavy (non-hydrogen) atoms. The van der Waals surface area contributed by atoms with Crippen molar-refractivity contribution in [3.05, 3.63) is 59.9 Å². The summed E-state index contributed by atoms with van der Waals surface area (Å²) in [4.78, 5) is 37.6. The number of anilines is 2. The fraction of sp³-hybridized carbons (Fsp3) is 0.286. The van der Waals surface area contributed by atoms with Crippen LogP contribution in [0.3, 0.4) is 0 Å². The van der Waals surface area contributed by atoms with Gasteiger partial charge < -0.3 is 15.5 Å². The Morgan fingerprint density at radius 1 is 1.11 bits per heavy atom. The van der Waals surface area contributed by atoms with Gasteiger partial charge in [-0.3, -0.25) is 14.4 Å². The molecule has 146 valence electrons. The average molecular weight is 383 g/mol. The van der Waals surface area contributed by atoms with E-state index in [4.69, 9.17) is 0 Å². The summed E-state index contributed by atoms with van der Waals surface area (Å²) in [5.74, 6) is -1.20. The lowest BCUT2D eigenvalue weighted by Crippen LogP contribution is -2.30. The van der Waals surface area contributed by atoms with Gasteiger partial charge in [0.05, 0.1) is 5.92 Å². The summed E-state index contributed by atoms with van der Waals surface area (Å²) < 4.78 is 13.0. The molecule has 6 nitrogen and oxygen atoms in total. The summed E-state index contributed by atoms with van der Waals surface area (Å²) in [5.41, 5.74) is 2.10. The molecule has 1 heterocycles. The summed E-state index contributed by atoms with van der Waals surface area (Å²) in [6.45, 7) is 2.26. The minimum absolute atomic E-state index is 0.0609. The largest absolute Gasteiger partial charge is 0.342 e. The Labute approximate surface area is 162 Å². The van der Waals surface area contributed by atoms with Crippen molar-refractivity contribution in [2.24, 2.45) is 5.92 Å². The summed E-state index contributed by atoms with van der Waals surface area (Å²) in [6, 6.07) is 13.0. The fourth-order valence-electron chi connectivity index (χ4n) is 3.20. The molecule has 0 radical (unpaired) electrons. The van der Waals surface area contributed by atoms with Crippen molar-refractivity contribution < 1.29 is 18.8 Å². The van der Waals surface area contributed by atoms with Crippen LogP contribution in [0.25, 0.3) is 0 Å². The average Bonchev–Trinajstić information content (AvgIpc) is 3.02. The minimum atomic E-state index is -0.426. The second-order valence-corrected chi connectivity index (χ2v) is 6.87. The van der Waals surface area contributed by atoms with Crippen molar-refractivity contribution in [2.75, 3.05) is 23.7 Å². The van der Waals surface area contributed by atoms with Crippen LogP contribution < -0.4 is 10.6 Å². The Hall–Kier alpha value is -3.22. The molecular weight excluding hydrogens is 361 g/mol. The number of carbonyl (C=O) groups excluding carboxylic acids is 3. The third kappa shape index (κ3) is 5.16. The maximum atomic E-state index is 13.0. The Bertz CT molecular complexity index is 883. The van der Waals surface area contributed by atoms with Gasteiger partial charge >= 0.3 is 0 Å². The number of carbonyl (C=O) groups is 3. The molecule has 1 aliphatic heterocycles. The lowest BCUT2D eigenvalue weighted by atomic mass is 10.1. The Morgan fingerprint density at radius 2 is 1.79 bits per heavy atom. The number of halogens is 1. The van der Waals surface area contributed by atoms with Gasteiger partial charge in [0, 0.05) is 37.8 Å². The maximum absolute atomic E-state index is 13.0. The number of hydrogen-bond acceptors (Lipinski definition) is 3. The molecule has 1 aliphatic rings. The smallest absolute Gasteiger partial charge is 0.229 e. The third-order valence-corrected chi connectivity index (χ3v) is 4.62. The molecule has 0 bridgehead atoms. The molecule has 2 aromatic carbocycles. The highest BCUT2D eigenvalue weighted by Crippen LogP contribution is 2.22. The Balaban J connectivity index is 1.54. The molecule has 0 saturated carbocycles. The van der Waals surface area contributed by atoms with Gasteiger partial charge in [-0.2, -0.15) is 0 Å². The van der Waals surface area contributed by atoms with E-state index in [1.165, 1.54) is 19.1 Å². The van der Waals surface area contributed by atoms with E-state index in [0.717, 1.165) is 5.56 Å². The van der Waals surface area contributed by atoms with Crippen LogP contribution in [0.15, 0.2) is 48.5 Å². The van der Waals surface area contributed by atoms with E-state index in [1.807, 2.05) is 0 Å². The molecule has 1 fully saturated rings. The Morgan fingerprint density at radius 3 is 2.46 bits per heavy atom. The molecule has 0 unspecified atom stereocenters. The summed E-state index contributed by atoms with van der Waals surface area (Å²) in [7, 11) is 0. The Kier molecular flexibility index (Phi) is 6.03. The first-order valence-electron chi connectivity index (χ1n) is 9.11. The zero-order valence-electron chi connectivity index (χ0n) is 15.6. The number of benzene rings is 2. The lowest BCUT2D eigenvalue weighted by molar-refractivity contribution is -0.128. The molecule has 0 aliphatic carbocycles. The molecule has 2 N–H and O–H groups in total. The van der Waals surface area contributed by atoms with E-state index in [0.29, 0.717) is 30.9 Å². The predicted molar refractivity (Wildman–Crippen MR) is 104 cm³/mol. The summed E-state index contributed by atoms with van der Waals surface area (Å²) in [5, 5.41) is 5.47. The standard InChI is InChI=1S/C21H22FN3O3/c1-14(26)23-18-3-2-4-19(12-18)24-21(28)16-11-20(27)25(13-16)10-9-15-5-7-17(22)8-6-15/h2-8,12,16H,9-11,13H2,1H3,(H,23,26)(H,24,28)/t16-/m0/s1. The topological polar surface area (TPSA) is 78.5 Å². The van der Waals surface area contributed by atoms with Crippen molar-refractivity contribution in [1.29, 1.82) is 0 Å². The zero-order valence-corrected chi connectivity index (χ0v) is 15.6. The monoisotopic (exact) mass is 383 g/mol. The molecule has 1 saturated heterocycles. The lowest BCUT2D eigenvalue weighted by Gasteiger charge is -2.16. The second kappa shape index (κ2) is 8.65. The van der Waals surface area contributed by atoms with Crippen molar-refractivity contribution in [3.63, 3.8) is 0 Å². The molecule has 3 amide bonds.